The molecule has 0 heterocycles. The van der Waals surface area contributed by atoms with Crippen LogP contribution in [0.5, 0.6) is 11.5 Å². The highest BCUT2D eigenvalue weighted by Gasteiger charge is 2.88. The molecule has 0 bridgehead atoms. The summed E-state index contributed by atoms with van der Waals surface area (Å²) in [6.07, 6.45) is 7.02. The van der Waals surface area contributed by atoms with Crippen molar-refractivity contribution >= 4 is 5.78 Å². The fraction of sp³-hybridized carbons (Fsp3) is 0.609. The third-order valence-corrected chi connectivity index (χ3v) is 8.47. The average Bonchev–Trinajstić information content (AvgIpc) is 3.15. The van der Waals surface area contributed by atoms with E-state index in [1.165, 1.54) is 18.4 Å². The molecule has 3 heteroatoms. The van der Waals surface area contributed by atoms with E-state index in [1.54, 1.807) is 14.2 Å². The number of hydrogen-bond donors (Lipinski definition) is 0. The van der Waals surface area contributed by atoms with Crippen molar-refractivity contribution in [1.29, 1.82) is 0 Å². The molecule has 1 aromatic rings. The third kappa shape index (κ3) is 1.41. The molecule has 1 aromatic carbocycles. The average molecular weight is 352 g/mol. The number of carbonyl (C=O) groups excluding carboxylic acids is 1. The van der Waals surface area contributed by atoms with Gasteiger partial charge in [-0.15, -0.1) is 0 Å². The van der Waals surface area contributed by atoms with Gasteiger partial charge in [-0.05, 0) is 47.8 Å². The Labute approximate surface area is 155 Å². The number of methoxy groups -OCH3 is 2. The predicted molar refractivity (Wildman–Crippen MR) is 101 cm³/mol. The summed E-state index contributed by atoms with van der Waals surface area (Å²) in [5, 5.41) is 0. The summed E-state index contributed by atoms with van der Waals surface area (Å²) in [4.78, 5) is 13.8. The van der Waals surface area contributed by atoms with Gasteiger partial charge in [0, 0.05) is 5.41 Å². The van der Waals surface area contributed by atoms with E-state index in [1.807, 2.05) is 12.1 Å². The Bertz CT molecular complexity index is 866. The van der Waals surface area contributed by atoms with Crippen LogP contribution >= 0.6 is 0 Å². The summed E-state index contributed by atoms with van der Waals surface area (Å²) < 4.78 is 10.9. The molecule has 0 radical (unpaired) electrons. The second-order valence-corrected chi connectivity index (χ2v) is 9.63. The highest BCUT2D eigenvalue weighted by atomic mass is 16.5. The first-order valence-corrected chi connectivity index (χ1v) is 9.77. The third-order valence-electron chi connectivity index (χ3n) is 8.47. The van der Waals surface area contributed by atoms with Gasteiger partial charge in [0.05, 0.1) is 25.6 Å². The van der Waals surface area contributed by atoms with Gasteiger partial charge in [0.2, 0.25) is 0 Å². The van der Waals surface area contributed by atoms with Crippen LogP contribution in [0.3, 0.4) is 0 Å². The maximum Gasteiger partial charge on any atom is 0.161 e. The Morgan fingerprint density at radius 1 is 1.04 bits per heavy atom. The van der Waals surface area contributed by atoms with Crippen molar-refractivity contribution in [3.63, 3.8) is 0 Å². The zero-order valence-corrected chi connectivity index (χ0v) is 16.4. The molecule has 3 fully saturated rings. The van der Waals surface area contributed by atoms with Gasteiger partial charge >= 0.3 is 0 Å². The SMILES string of the molecule is COc1ccc([C@@H]2C(=O)C34CC3=C[C@]43C(C)(C)CCC[C@]23C)cc1OC. The lowest BCUT2D eigenvalue weighted by Gasteiger charge is -2.62. The molecule has 0 saturated heterocycles. The van der Waals surface area contributed by atoms with Crippen LogP contribution < -0.4 is 9.47 Å². The van der Waals surface area contributed by atoms with Crippen LogP contribution in [-0.4, -0.2) is 20.0 Å². The fourth-order valence-electron chi connectivity index (χ4n) is 7.50. The summed E-state index contributed by atoms with van der Waals surface area (Å²) in [6.45, 7) is 7.16. The van der Waals surface area contributed by atoms with Crippen LogP contribution in [0, 0.1) is 21.7 Å². The second kappa shape index (κ2) is 4.55. The molecule has 4 atom stereocenters. The molecular formula is C23H28O3. The first kappa shape index (κ1) is 16.4. The van der Waals surface area contributed by atoms with Crippen molar-refractivity contribution in [2.45, 2.75) is 52.4 Å². The van der Waals surface area contributed by atoms with Crippen molar-refractivity contribution in [3.8, 4) is 11.5 Å². The summed E-state index contributed by atoms with van der Waals surface area (Å²) >= 11 is 0. The highest BCUT2D eigenvalue weighted by Crippen LogP contribution is 2.91. The molecule has 3 saturated carbocycles. The van der Waals surface area contributed by atoms with E-state index in [0.29, 0.717) is 11.5 Å². The number of carbonyl (C=O) groups is 1. The molecule has 1 unspecified atom stereocenters. The first-order valence-electron chi connectivity index (χ1n) is 9.77. The lowest BCUT2D eigenvalue weighted by molar-refractivity contribution is -0.128. The summed E-state index contributed by atoms with van der Waals surface area (Å²) in [6, 6.07) is 6.06. The first-order chi connectivity index (χ1) is 12.3. The standard InChI is InChI=1S/C23H28O3/c1-20(2)9-6-10-21(3)18(14-7-8-16(25-4)17(11-14)26-5)19(24)22-12-15(22)13-23(20,21)22/h7-8,11,13,18H,6,9-10,12H2,1-5H3/t18-,21-,22?,23-/m1/s1. The van der Waals surface area contributed by atoms with E-state index in [9.17, 15) is 4.79 Å². The lowest BCUT2D eigenvalue weighted by atomic mass is 9.41. The molecular weight excluding hydrogens is 324 g/mol. The summed E-state index contributed by atoms with van der Waals surface area (Å²) in [5.41, 5.74) is 2.51. The lowest BCUT2D eigenvalue weighted by Crippen LogP contribution is -2.56. The van der Waals surface area contributed by atoms with Gasteiger partial charge in [-0.25, -0.2) is 0 Å². The van der Waals surface area contributed by atoms with E-state index in [2.05, 4.69) is 32.9 Å². The van der Waals surface area contributed by atoms with Crippen LogP contribution in [0.4, 0.5) is 0 Å². The van der Waals surface area contributed by atoms with E-state index in [0.717, 1.165) is 24.2 Å². The molecule has 4 aliphatic carbocycles. The maximum absolute atomic E-state index is 13.8. The van der Waals surface area contributed by atoms with E-state index in [4.69, 9.17) is 9.47 Å². The Morgan fingerprint density at radius 3 is 2.38 bits per heavy atom. The Kier molecular flexibility index (Phi) is 2.87. The maximum atomic E-state index is 13.8. The predicted octanol–water partition coefficient (Wildman–Crippen LogP) is 4.90. The van der Waals surface area contributed by atoms with E-state index >= 15 is 0 Å². The Morgan fingerprint density at radius 2 is 1.77 bits per heavy atom. The molecule has 5 rings (SSSR count). The zero-order valence-electron chi connectivity index (χ0n) is 16.4. The van der Waals surface area contributed by atoms with Crippen molar-refractivity contribution < 1.29 is 14.3 Å². The van der Waals surface area contributed by atoms with Crippen LogP contribution in [-0.2, 0) is 4.79 Å². The molecule has 4 aliphatic rings. The van der Waals surface area contributed by atoms with Crippen molar-refractivity contribution in [3.05, 3.63) is 35.4 Å². The highest BCUT2D eigenvalue weighted by molar-refractivity contribution is 6.06. The fourth-order valence-corrected chi connectivity index (χ4v) is 7.50. The molecule has 0 aliphatic heterocycles. The number of Topliss-reactive ketones (excluding diaryl/α,β-unsaturated/α-hetero) is 1. The van der Waals surface area contributed by atoms with E-state index in [-0.39, 0.29) is 27.6 Å². The monoisotopic (exact) mass is 352 g/mol. The van der Waals surface area contributed by atoms with Crippen molar-refractivity contribution in [1.82, 2.24) is 0 Å². The normalized spacial score (nSPS) is 41.3. The Hall–Kier alpha value is -1.77. The van der Waals surface area contributed by atoms with Gasteiger partial charge < -0.3 is 9.47 Å². The zero-order chi connectivity index (χ0) is 18.5. The number of ketones is 1. The molecule has 3 nitrogen and oxygen atoms in total. The molecule has 138 valence electrons. The van der Waals surface area contributed by atoms with Crippen molar-refractivity contribution in [2.24, 2.45) is 21.7 Å². The molecule has 0 aromatic heterocycles. The van der Waals surface area contributed by atoms with Crippen molar-refractivity contribution in [2.75, 3.05) is 14.2 Å². The second-order valence-electron chi connectivity index (χ2n) is 9.63. The number of hydrogen-bond acceptors (Lipinski definition) is 3. The summed E-state index contributed by atoms with van der Waals surface area (Å²) in [5.74, 6) is 1.83. The van der Waals surface area contributed by atoms with Gasteiger partial charge in [0.1, 0.15) is 0 Å². The van der Waals surface area contributed by atoms with Gasteiger partial charge in [-0.2, -0.15) is 0 Å². The van der Waals surface area contributed by atoms with Crippen LogP contribution in [0.15, 0.2) is 29.8 Å². The Balaban J connectivity index is 1.70. The van der Waals surface area contributed by atoms with Gasteiger partial charge in [0.25, 0.3) is 0 Å². The van der Waals surface area contributed by atoms with Gasteiger partial charge in [-0.1, -0.05) is 44.9 Å². The minimum Gasteiger partial charge on any atom is -0.493 e. The number of benzene rings is 1. The molecule has 26 heavy (non-hydrogen) atoms. The summed E-state index contributed by atoms with van der Waals surface area (Å²) in [7, 11) is 3.31. The van der Waals surface area contributed by atoms with Crippen LogP contribution in [0.25, 0.3) is 0 Å². The topological polar surface area (TPSA) is 35.5 Å². The minimum absolute atomic E-state index is 0.0224. The smallest absolute Gasteiger partial charge is 0.161 e. The quantitative estimate of drug-likeness (QED) is 0.726. The largest absolute Gasteiger partial charge is 0.493 e. The number of ether oxygens (including phenoxy) is 2. The van der Waals surface area contributed by atoms with E-state index < -0.39 is 0 Å². The molecule has 2 spiro atoms. The van der Waals surface area contributed by atoms with Crippen LogP contribution in [0.1, 0.15) is 57.9 Å². The number of allylic oxidation sites excluding steroid dienone is 2. The molecule has 0 amide bonds. The van der Waals surface area contributed by atoms with Gasteiger partial charge in [0.15, 0.2) is 17.3 Å². The van der Waals surface area contributed by atoms with Gasteiger partial charge in [-0.3, -0.25) is 4.79 Å². The van der Waals surface area contributed by atoms with Crippen LogP contribution in [0.2, 0.25) is 0 Å². The molecule has 0 N–H and O–H groups in total. The minimum atomic E-state index is -0.163. The number of rotatable bonds is 3.